The molecule has 0 bridgehead atoms. The normalized spacial score (nSPS) is 33.4. The van der Waals surface area contributed by atoms with Gasteiger partial charge in [0.15, 0.2) is 0 Å². The maximum Gasteiger partial charge on any atom is 0.0108 e. The lowest BCUT2D eigenvalue weighted by molar-refractivity contribution is 0.294. The van der Waals surface area contributed by atoms with Crippen LogP contribution in [0.5, 0.6) is 0 Å². The summed E-state index contributed by atoms with van der Waals surface area (Å²) >= 11 is 2.10. The Morgan fingerprint density at radius 3 is 2.73 bits per heavy atom. The molecule has 1 saturated heterocycles. The van der Waals surface area contributed by atoms with E-state index in [4.69, 9.17) is 0 Å². The third-order valence-electron chi connectivity index (χ3n) is 3.66. The lowest BCUT2D eigenvalue weighted by Crippen LogP contribution is -2.40. The molecule has 1 aliphatic carbocycles. The van der Waals surface area contributed by atoms with Crippen LogP contribution >= 0.6 is 11.8 Å². The fourth-order valence-electron chi connectivity index (χ4n) is 2.64. The molecule has 1 saturated carbocycles. The van der Waals surface area contributed by atoms with Gasteiger partial charge in [0, 0.05) is 43.7 Å². The lowest BCUT2D eigenvalue weighted by Gasteiger charge is -2.26. The molecule has 2 rings (SSSR count). The highest BCUT2D eigenvalue weighted by atomic mass is 32.2. The number of nitrogens with one attached hydrogen (secondary N) is 1. The van der Waals surface area contributed by atoms with Crippen LogP contribution in [0.1, 0.15) is 26.2 Å². The Labute approximate surface area is 98.2 Å². The fraction of sp³-hybridized carbons (Fsp3) is 1.00. The molecule has 0 amide bonds. The van der Waals surface area contributed by atoms with Crippen LogP contribution in [-0.4, -0.2) is 48.6 Å². The van der Waals surface area contributed by atoms with Crippen LogP contribution in [0, 0.1) is 5.92 Å². The summed E-state index contributed by atoms with van der Waals surface area (Å²) in [5.74, 6) is 3.62. The van der Waals surface area contributed by atoms with E-state index in [1.165, 1.54) is 56.9 Å². The number of hydrogen-bond acceptors (Lipinski definition) is 3. The molecule has 0 spiro atoms. The summed E-state index contributed by atoms with van der Waals surface area (Å²) in [5.41, 5.74) is 0. The second kappa shape index (κ2) is 6.12. The molecule has 0 radical (unpaired) electrons. The second-order valence-electron chi connectivity index (χ2n) is 5.02. The molecule has 1 aliphatic heterocycles. The van der Waals surface area contributed by atoms with Crippen molar-refractivity contribution in [2.75, 3.05) is 37.7 Å². The van der Waals surface area contributed by atoms with E-state index in [-0.39, 0.29) is 0 Å². The fourth-order valence-corrected chi connectivity index (χ4v) is 3.62. The van der Waals surface area contributed by atoms with E-state index in [2.05, 4.69) is 28.9 Å². The zero-order chi connectivity index (χ0) is 10.5. The first-order valence-electron chi connectivity index (χ1n) is 6.38. The van der Waals surface area contributed by atoms with E-state index in [0.717, 1.165) is 12.0 Å². The van der Waals surface area contributed by atoms with Crippen LogP contribution in [0.3, 0.4) is 0 Å². The van der Waals surface area contributed by atoms with E-state index >= 15 is 0 Å². The van der Waals surface area contributed by atoms with E-state index in [9.17, 15) is 0 Å². The number of hydrogen-bond donors (Lipinski definition) is 1. The minimum Gasteiger partial charge on any atom is -0.313 e. The largest absolute Gasteiger partial charge is 0.313 e. The van der Waals surface area contributed by atoms with Crippen molar-refractivity contribution in [2.45, 2.75) is 32.2 Å². The summed E-state index contributed by atoms with van der Waals surface area (Å²) in [5, 5.41) is 3.71. The molecule has 1 heterocycles. The van der Waals surface area contributed by atoms with Crippen LogP contribution in [-0.2, 0) is 0 Å². The molecule has 2 aliphatic rings. The standard InChI is InChI=1S/C12H24N2S/c1-11-2-3-12(10-11)13-4-5-14-6-8-15-9-7-14/h11-13H,2-10H2,1H3. The summed E-state index contributed by atoms with van der Waals surface area (Å²) in [4.78, 5) is 2.60. The molecule has 2 fully saturated rings. The van der Waals surface area contributed by atoms with Gasteiger partial charge in [0.05, 0.1) is 0 Å². The van der Waals surface area contributed by atoms with Gasteiger partial charge in [-0.15, -0.1) is 0 Å². The Balaban J connectivity index is 1.54. The van der Waals surface area contributed by atoms with Gasteiger partial charge in [-0.25, -0.2) is 0 Å². The monoisotopic (exact) mass is 228 g/mol. The van der Waals surface area contributed by atoms with E-state index in [0.29, 0.717) is 0 Å². The van der Waals surface area contributed by atoms with Crippen molar-refractivity contribution in [3.05, 3.63) is 0 Å². The summed E-state index contributed by atoms with van der Waals surface area (Å²) in [6.07, 6.45) is 4.23. The molecule has 15 heavy (non-hydrogen) atoms. The van der Waals surface area contributed by atoms with Gasteiger partial charge < -0.3 is 10.2 Å². The van der Waals surface area contributed by atoms with Gasteiger partial charge in [-0.1, -0.05) is 6.92 Å². The topological polar surface area (TPSA) is 15.3 Å². The third kappa shape index (κ3) is 3.97. The Morgan fingerprint density at radius 1 is 1.27 bits per heavy atom. The van der Waals surface area contributed by atoms with E-state index < -0.39 is 0 Å². The molecular formula is C12H24N2S. The van der Waals surface area contributed by atoms with Gasteiger partial charge in [-0.3, -0.25) is 0 Å². The number of nitrogens with zero attached hydrogens (tertiary/aromatic N) is 1. The summed E-state index contributed by atoms with van der Waals surface area (Å²) in [6, 6.07) is 0.819. The Hall–Kier alpha value is 0.270. The minimum absolute atomic E-state index is 0.819. The average molecular weight is 228 g/mol. The average Bonchev–Trinajstić information content (AvgIpc) is 2.66. The third-order valence-corrected chi connectivity index (χ3v) is 4.60. The van der Waals surface area contributed by atoms with Crippen LogP contribution in [0.4, 0.5) is 0 Å². The molecule has 0 aromatic heterocycles. The quantitative estimate of drug-likeness (QED) is 0.790. The minimum atomic E-state index is 0.819. The van der Waals surface area contributed by atoms with Gasteiger partial charge in [0.1, 0.15) is 0 Å². The molecule has 88 valence electrons. The van der Waals surface area contributed by atoms with Crippen molar-refractivity contribution in [1.82, 2.24) is 10.2 Å². The van der Waals surface area contributed by atoms with E-state index in [1.54, 1.807) is 0 Å². The van der Waals surface area contributed by atoms with Gasteiger partial charge in [-0.05, 0) is 25.2 Å². The first-order valence-corrected chi connectivity index (χ1v) is 7.53. The Bertz CT molecular complexity index is 176. The summed E-state index contributed by atoms with van der Waals surface area (Å²) in [6.45, 7) is 7.43. The lowest BCUT2D eigenvalue weighted by atomic mass is 10.1. The summed E-state index contributed by atoms with van der Waals surface area (Å²) in [7, 11) is 0. The molecule has 2 unspecified atom stereocenters. The van der Waals surface area contributed by atoms with Crippen LogP contribution in [0.15, 0.2) is 0 Å². The zero-order valence-corrected chi connectivity index (χ0v) is 10.7. The van der Waals surface area contributed by atoms with Crippen molar-refractivity contribution in [3.63, 3.8) is 0 Å². The van der Waals surface area contributed by atoms with Crippen LogP contribution in [0.25, 0.3) is 0 Å². The molecule has 2 nitrogen and oxygen atoms in total. The smallest absolute Gasteiger partial charge is 0.0108 e. The van der Waals surface area contributed by atoms with E-state index in [1.807, 2.05) is 0 Å². The molecule has 0 aromatic rings. The molecular weight excluding hydrogens is 204 g/mol. The molecule has 0 aromatic carbocycles. The molecule has 1 N–H and O–H groups in total. The zero-order valence-electron chi connectivity index (χ0n) is 9.87. The number of rotatable bonds is 4. The molecule has 3 heteroatoms. The van der Waals surface area contributed by atoms with Crippen molar-refractivity contribution in [2.24, 2.45) is 5.92 Å². The highest BCUT2D eigenvalue weighted by molar-refractivity contribution is 7.99. The first-order chi connectivity index (χ1) is 7.34. The van der Waals surface area contributed by atoms with Gasteiger partial charge in [0.25, 0.3) is 0 Å². The predicted octanol–water partition coefficient (Wildman–Crippen LogP) is 1.81. The number of thioether (sulfide) groups is 1. The highest BCUT2D eigenvalue weighted by Crippen LogP contribution is 2.24. The van der Waals surface area contributed by atoms with Crippen molar-refractivity contribution < 1.29 is 0 Å². The van der Waals surface area contributed by atoms with Crippen molar-refractivity contribution in [1.29, 1.82) is 0 Å². The van der Waals surface area contributed by atoms with Gasteiger partial charge in [0.2, 0.25) is 0 Å². The maximum atomic E-state index is 3.71. The Morgan fingerprint density at radius 2 is 2.07 bits per heavy atom. The Kier molecular flexibility index (Phi) is 4.79. The van der Waals surface area contributed by atoms with Crippen molar-refractivity contribution in [3.8, 4) is 0 Å². The van der Waals surface area contributed by atoms with Gasteiger partial charge >= 0.3 is 0 Å². The van der Waals surface area contributed by atoms with Crippen LogP contribution < -0.4 is 5.32 Å². The second-order valence-corrected chi connectivity index (χ2v) is 6.25. The maximum absolute atomic E-state index is 3.71. The SMILES string of the molecule is CC1CCC(NCCN2CCSCC2)C1. The summed E-state index contributed by atoms with van der Waals surface area (Å²) < 4.78 is 0. The highest BCUT2D eigenvalue weighted by Gasteiger charge is 2.20. The predicted molar refractivity (Wildman–Crippen MR) is 68.6 cm³/mol. The van der Waals surface area contributed by atoms with Crippen molar-refractivity contribution >= 4 is 11.8 Å². The first kappa shape index (κ1) is 11.7. The molecule has 2 atom stereocenters. The van der Waals surface area contributed by atoms with Crippen LogP contribution in [0.2, 0.25) is 0 Å². The van der Waals surface area contributed by atoms with Gasteiger partial charge in [-0.2, -0.15) is 11.8 Å².